The molecular weight excluding hydrogens is 635 g/mol. The normalized spacial score (nSPS) is 13.7. The highest BCUT2D eigenvalue weighted by molar-refractivity contribution is 7.59. The number of fused-ring (bicyclic) bond motifs is 1. The maximum absolute atomic E-state index is 14.8. The Bertz CT molecular complexity index is 1620. The molecule has 4 aromatic rings. The minimum absolute atomic E-state index is 0.0708. The molecule has 0 spiro atoms. The van der Waals surface area contributed by atoms with E-state index in [4.69, 9.17) is 19.9 Å². The Hall–Kier alpha value is -4.62. The number of rotatable bonds is 20. The third kappa shape index (κ3) is 10.4. The summed E-state index contributed by atoms with van der Waals surface area (Å²) in [6.07, 6.45) is 3.30. The highest BCUT2D eigenvalue weighted by Crippen LogP contribution is 2.39. The lowest BCUT2D eigenvalue weighted by molar-refractivity contribution is -0.145. The number of imidazole rings is 1. The number of nitrogens with zero attached hydrogens (tertiary/aromatic N) is 4. The Morgan fingerprint density at radius 1 is 0.938 bits per heavy atom. The number of benzene rings is 2. The Balaban J connectivity index is 1.57. The molecule has 2 atom stereocenters. The van der Waals surface area contributed by atoms with Crippen LogP contribution in [-0.4, -0.2) is 76.3 Å². The summed E-state index contributed by atoms with van der Waals surface area (Å²) in [7, 11) is -3.86. The topological polar surface area (TPSA) is 185 Å². The molecule has 2 heterocycles. The first-order chi connectivity index (χ1) is 23.2. The van der Waals surface area contributed by atoms with E-state index in [1.807, 2.05) is 60.7 Å². The first-order valence-electron chi connectivity index (χ1n) is 15.7. The number of hydrogen-bond acceptors (Lipinski definition) is 11. The van der Waals surface area contributed by atoms with Crippen LogP contribution >= 0.6 is 7.44 Å². The van der Waals surface area contributed by atoms with Gasteiger partial charge in [-0.15, -0.1) is 6.58 Å². The fraction of sp³-hybridized carbons (Fsp3) is 0.364. The van der Waals surface area contributed by atoms with Crippen LogP contribution in [0.15, 0.2) is 79.6 Å². The van der Waals surface area contributed by atoms with Crippen molar-refractivity contribution in [2.45, 2.75) is 45.3 Å². The minimum Gasteiger partial charge on any atom is -0.465 e. The Kier molecular flexibility index (Phi) is 13.6. The van der Waals surface area contributed by atoms with Crippen LogP contribution < -0.4 is 21.2 Å². The van der Waals surface area contributed by atoms with E-state index in [0.717, 1.165) is 11.1 Å². The van der Waals surface area contributed by atoms with Crippen LogP contribution in [0.1, 0.15) is 25.0 Å². The van der Waals surface area contributed by atoms with Gasteiger partial charge in [-0.3, -0.25) is 14.2 Å². The summed E-state index contributed by atoms with van der Waals surface area (Å²) in [5.74, 6) is -0.618. The van der Waals surface area contributed by atoms with E-state index in [9.17, 15) is 14.2 Å². The van der Waals surface area contributed by atoms with Crippen molar-refractivity contribution in [3.8, 4) is 0 Å². The van der Waals surface area contributed by atoms with Crippen molar-refractivity contribution < 1.29 is 28.4 Å². The van der Waals surface area contributed by atoms with Crippen LogP contribution in [0.3, 0.4) is 0 Å². The van der Waals surface area contributed by atoms with Crippen LogP contribution in [0.2, 0.25) is 0 Å². The Morgan fingerprint density at radius 2 is 1.50 bits per heavy atom. The van der Waals surface area contributed by atoms with Crippen molar-refractivity contribution >= 4 is 42.3 Å². The standard InChI is InChI=1S/C33H43N8O6P/c1-4-17-35-29-28-30(38-33(34)37-29)41(22-36-28)18-19-45-23-48(44,39-26(31(42)46-5-2)20-24-13-9-7-10-14-24)40-27(32(43)47-6-3)21-25-15-11-8-12-16-25/h4,7-16,22,26-27H,1,5-6,17-21,23H2,2-3H3,(H2,39,40,44)(H3,34,35,37,38). The van der Waals surface area contributed by atoms with E-state index < -0.39 is 31.5 Å². The number of hydrogen-bond donors (Lipinski definition) is 4. The maximum Gasteiger partial charge on any atom is 0.323 e. The second-order valence-electron chi connectivity index (χ2n) is 10.7. The second kappa shape index (κ2) is 18.1. The minimum atomic E-state index is -3.86. The number of nitrogen functional groups attached to an aromatic ring is 1. The van der Waals surface area contributed by atoms with Gasteiger partial charge in [0.05, 0.1) is 26.1 Å². The average molecular weight is 679 g/mol. The third-order valence-corrected chi connectivity index (χ3v) is 9.08. The molecule has 48 heavy (non-hydrogen) atoms. The number of anilines is 2. The molecule has 0 aliphatic heterocycles. The van der Waals surface area contributed by atoms with Gasteiger partial charge in [-0.25, -0.2) is 15.2 Å². The van der Waals surface area contributed by atoms with Crippen LogP contribution in [0.4, 0.5) is 11.8 Å². The Morgan fingerprint density at radius 3 is 2.02 bits per heavy atom. The summed E-state index contributed by atoms with van der Waals surface area (Å²) in [6, 6.07) is 16.6. The molecule has 0 amide bonds. The zero-order valence-electron chi connectivity index (χ0n) is 27.2. The number of carbonyl (C=O) groups excluding carboxylic acids is 2. The molecule has 0 bridgehead atoms. The molecule has 2 unspecified atom stereocenters. The van der Waals surface area contributed by atoms with E-state index in [-0.39, 0.29) is 51.5 Å². The van der Waals surface area contributed by atoms with Crippen molar-refractivity contribution in [3.63, 3.8) is 0 Å². The maximum atomic E-state index is 14.8. The summed E-state index contributed by atoms with van der Waals surface area (Å²) in [4.78, 5) is 39.3. The van der Waals surface area contributed by atoms with Crippen molar-refractivity contribution in [1.82, 2.24) is 29.7 Å². The highest BCUT2D eigenvalue weighted by atomic mass is 31.2. The van der Waals surface area contributed by atoms with E-state index in [0.29, 0.717) is 23.5 Å². The summed E-state index contributed by atoms with van der Waals surface area (Å²) in [5.41, 5.74) is 8.62. The van der Waals surface area contributed by atoms with Gasteiger partial charge in [-0.05, 0) is 37.8 Å². The lowest BCUT2D eigenvalue weighted by Crippen LogP contribution is -2.46. The molecule has 0 aliphatic carbocycles. The van der Waals surface area contributed by atoms with Gasteiger partial charge < -0.3 is 29.8 Å². The molecule has 0 radical (unpaired) electrons. The van der Waals surface area contributed by atoms with Crippen LogP contribution in [-0.2, 0) is 47.8 Å². The predicted octanol–water partition coefficient (Wildman–Crippen LogP) is 3.70. The van der Waals surface area contributed by atoms with Crippen molar-refractivity contribution in [3.05, 3.63) is 90.8 Å². The second-order valence-corrected chi connectivity index (χ2v) is 13.0. The monoisotopic (exact) mass is 678 g/mol. The van der Waals surface area contributed by atoms with E-state index >= 15 is 0 Å². The molecule has 0 fully saturated rings. The van der Waals surface area contributed by atoms with Crippen LogP contribution in [0.5, 0.6) is 0 Å². The summed E-state index contributed by atoms with van der Waals surface area (Å²) in [5, 5.41) is 9.10. The van der Waals surface area contributed by atoms with Gasteiger partial charge in [0.2, 0.25) is 13.4 Å². The van der Waals surface area contributed by atoms with Gasteiger partial charge in [0, 0.05) is 13.1 Å². The summed E-state index contributed by atoms with van der Waals surface area (Å²) in [6.45, 7) is 8.21. The fourth-order valence-electron chi connectivity index (χ4n) is 4.94. The summed E-state index contributed by atoms with van der Waals surface area (Å²) >= 11 is 0. The number of aromatic nitrogens is 4. The van der Waals surface area contributed by atoms with E-state index in [1.165, 1.54) is 0 Å². The Labute approximate surface area is 280 Å². The smallest absolute Gasteiger partial charge is 0.323 e. The van der Waals surface area contributed by atoms with Crippen LogP contribution in [0, 0.1) is 0 Å². The van der Waals surface area contributed by atoms with Gasteiger partial charge in [0.25, 0.3) is 0 Å². The van der Waals surface area contributed by atoms with E-state index in [1.54, 1.807) is 30.8 Å². The quantitative estimate of drug-likeness (QED) is 0.0460. The molecule has 256 valence electrons. The van der Waals surface area contributed by atoms with Crippen LogP contribution in [0.25, 0.3) is 11.2 Å². The lowest BCUT2D eigenvalue weighted by Gasteiger charge is -2.29. The van der Waals surface area contributed by atoms with Gasteiger partial charge in [0.1, 0.15) is 18.4 Å². The first kappa shape index (κ1) is 36.2. The molecule has 2 aromatic heterocycles. The molecule has 0 saturated carbocycles. The van der Waals surface area contributed by atoms with Crippen molar-refractivity contribution in [1.29, 1.82) is 0 Å². The SMILES string of the molecule is C=CCNc1nc(N)nc2c1ncn2CCOCP(=O)(NC(Cc1ccccc1)C(=O)OCC)NC(Cc1ccccc1)C(=O)OCC. The molecule has 14 nitrogen and oxygen atoms in total. The summed E-state index contributed by atoms with van der Waals surface area (Å²) < 4.78 is 33.2. The largest absolute Gasteiger partial charge is 0.465 e. The van der Waals surface area contributed by atoms with Gasteiger partial charge in [-0.2, -0.15) is 9.97 Å². The number of nitrogens with one attached hydrogen (secondary N) is 3. The van der Waals surface area contributed by atoms with Crippen molar-refractivity contribution in [2.75, 3.05) is 43.8 Å². The van der Waals surface area contributed by atoms with Gasteiger partial charge >= 0.3 is 11.9 Å². The van der Waals surface area contributed by atoms with Crippen molar-refractivity contribution in [2.24, 2.45) is 0 Å². The molecule has 0 saturated heterocycles. The third-order valence-electron chi connectivity index (χ3n) is 7.08. The van der Waals surface area contributed by atoms with Gasteiger partial charge in [-0.1, -0.05) is 66.7 Å². The average Bonchev–Trinajstić information content (AvgIpc) is 3.48. The number of carbonyl (C=O) groups is 2. The lowest BCUT2D eigenvalue weighted by atomic mass is 10.1. The molecule has 4 rings (SSSR count). The zero-order chi connectivity index (χ0) is 34.4. The molecular formula is C33H43N8O6P. The number of esters is 2. The predicted molar refractivity (Wildman–Crippen MR) is 184 cm³/mol. The zero-order valence-corrected chi connectivity index (χ0v) is 28.1. The van der Waals surface area contributed by atoms with E-state index in [2.05, 4.69) is 37.0 Å². The number of nitrogens with two attached hydrogens (primary N) is 1. The highest BCUT2D eigenvalue weighted by Gasteiger charge is 2.35. The van der Waals surface area contributed by atoms with Gasteiger partial charge in [0.15, 0.2) is 17.0 Å². The molecule has 0 aliphatic rings. The fourth-order valence-corrected chi connectivity index (χ4v) is 6.95. The molecule has 2 aromatic carbocycles. The molecule has 5 N–H and O–H groups in total. The number of ether oxygens (including phenoxy) is 3. The molecule has 15 heteroatoms. The first-order valence-corrected chi connectivity index (χ1v) is 17.6.